The van der Waals surface area contributed by atoms with Crippen LogP contribution in [-0.2, 0) is 9.84 Å². The Morgan fingerprint density at radius 1 is 1.33 bits per heavy atom. The van der Waals surface area contributed by atoms with Crippen molar-refractivity contribution in [3.8, 4) is 0 Å². The first kappa shape index (κ1) is 15.0. The van der Waals surface area contributed by atoms with E-state index in [4.69, 9.17) is 5.11 Å². The third-order valence-electron chi connectivity index (χ3n) is 2.26. The summed E-state index contributed by atoms with van der Waals surface area (Å²) in [5.74, 6) is -0.187. The molecule has 0 heterocycles. The van der Waals surface area contributed by atoms with E-state index in [9.17, 15) is 13.2 Å². The molecule has 100 valence electrons. The summed E-state index contributed by atoms with van der Waals surface area (Å²) in [5, 5.41) is 8.83. The number of carbonyl (C=O) groups is 1. The van der Waals surface area contributed by atoms with E-state index in [1.807, 2.05) is 6.92 Å². The van der Waals surface area contributed by atoms with Crippen LogP contribution >= 0.6 is 11.8 Å². The first-order valence-electron chi connectivity index (χ1n) is 5.61. The van der Waals surface area contributed by atoms with Crippen molar-refractivity contribution in [1.82, 2.24) is 0 Å². The maximum atomic E-state index is 11.5. The zero-order valence-corrected chi connectivity index (χ0v) is 11.8. The lowest BCUT2D eigenvalue weighted by Crippen LogP contribution is -2.12. The van der Waals surface area contributed by atoms with Crippen LogP contribution < -0.4 is 0 Å². The van der Waals surface area contributed by atoms with Gasteiger partial charge in [-0.15, -0.1) is 11.8 Å². The highest BCUT2D eigenvalue weighted by molar-refractivity contribution is 8.00. The molecule has 4 nitrogen and oxygen atoms in total. The highest BCUT2D eigenvalue weighted by Crippen LogP contribution is 2.19. The Bertz CT molecular complexity index is 509. The molecule has 0 amide bonds. The lowest BCUT2D eigenvalue weighted by atomic mass is 10.2. The van der Waals surface area contributed by atoms with Gasteiger partial charge in [0.2, 0.25) is 0 Å². The summed E-state index contributed by atoms with van der Waals surface area (Å²) in [7, 11) is -2.97. The number of carboxylic acid groups (broad SMARTS) is 1. The highest BCUT2D eigenvalue weighted by atomic mass is 32.2. The van der Waals surface area contributed by atoms with E-state index in [1.54, 1.807) is 18.2 Å². The predicted molar refractivity (Wildman–Crippen MR) is 73.1 cm³/mol. The maximum absolute atomic E-state index is 11.5. The van der Waals surface area contributed by atoms with Gasteiger partial charge in [0.25, 0.3) is 0 Å². The Kier molecular flexibility index (Phi) is 5.68. The molecule has 0 aliphatic heterocycles. The molecular formula is C12H16O4S2. The van der Waals surface area contributed by atoms with Gasteiger partial charge >= 0.3 is 5.97 Å². The molecule has 1 rings (SSSR count). The van der Waals surface area contributed by atoms with Crippen molar-refractivity contribution in [3.63, 3.8) is 0 Å². The van der Waals surface area contributed by atoms with Gasteiger partial charge < -0.3 is 5.11 Å². The van der Waals surface area contributed by atoms with Gasteiger partial charge in [-0.1, -0.05) is 13.0 Å². The van der Waals surface area contributed by atoms with Crippen molar-refractivity contribution in [1.29, 1.82) is 0 Å². The number of rotatable bonds is 7. The molecule has 1 aromatic carbocycles. The normalized spacial score (nSPS) is 11.4. The lowest BCUT2D eigenvalue weighted by molar-refractivity contribution is 0.0696. The minimum absolute atomic E-state index is 0.128. The van der Waals surface area contributed by atoms with E-state index in [0.29, 0.717) is 12.2 Å². The fourth-order valence-electron chi connectivity index (χ4n) is 1.42. The molecule has 0 aliphatic carbocycles. The van der Waals surface area contributed by atoms with Gasteiger partial charge in [-0.25, -0.2) is 13.2 Å². The third kappa shape index (κ3) is 5.10. The second kappa shape index (κ2) is 6.80. The van der Waals surface area contributed by atoms with Gasteiger partial charge in [-0.2, -0.15) is 0 Å². The first-order valence-corrected chi connectivity index (χ1v) is 8.42. The van der Waals surface area contributed by atoms with Crippen LogP contribution in [0.25, 0.3) is 0 Å². The summed E-state index contributed by atoms with van der Waals surface area (Å²) in [6, 6.07) is 6.51. The van der Waals surface area contributed by atoms with Gasteiger partial charge in [-0.3, -0.25) is 0 Å². The average molecular weight is 288 g/mol. The molecule has 6 heteroatoms. The number of hydrogen-bond donors (Lipinski definition) is 1. The Balaban J connectivity index is 2.54. The maximum Gasteiger partial charge on any atom is 0.335 e. The summed E-state index contributed by atoms with van der Waals surface area (Å²) in [6.45, 7) is 1.83. The second-order valence-corrected chi connectivity index (χ2v) is 7.31. The molecule has 1 aromatic rings. The fraction of sp³-hybridized carbons (Fsp3) is 0.417. The third-order valence-corrected chi connectivity index (χ3v) is 5.37. The van der Waals surface area contributed by atoms with E-state index in [1.165, 1.54) is 17.8 Å². The van der Waals surface area contributed by atoms with Crippen molar-refractivity contribution < 1.29 is 18.3 Å². The Hall–Kier alpha value is -1.01. The van der Waals surface area contributed by atoms with Crippen molar-refractivity contribution in [2.75, 3.05) is 17.3 Å². The number of hydrogen-bond acceptors (Lipinski definition) is 4. The predicted octanol–water partition coefficient (Wildman–Crippen LogP) is 2.30. The largest absolute Gasteiger partial charge is 0.478 e. The van der Waals surface area contributed by atoms with Gasteiger partial charge in [0, 0.05) is 16.4 Å². The van der Waals surface area contributed by atoms with Crippen LogP contribution in [0.5, 0.6) is 0 Å². The van der Waals surface area contributed by atoms with Crippen LogP contribution in [0.3, 0.4) is 0 Å². The number of sulfone groups is 1. The first-order chi connectivity index (χ1) is 8.44. The molecule has 0 spiro atoms. The van der Waals surface area contributed by atoms with Crippen LogP contribution in [0.4, 0.5) is 0 Å². The van der Waals surface area contributed by atoms with E-state index < -0.39 is 15.8 Å². The van der Waals surface area contributed by atoms with Crippen molar-refractivity contribution >= 4 is 27.6 Å². The van der Waals surface area contributed by atoms with Crippen molar-refractivity contribution in [2.24, 2.45) is 0 Å². The van der Waals surface area contributed by atoms with Crippen LogP contribution in [0.2, 0.25) is 0 Å². The van der Waals surface area contributed by atoms with E-state index >= 15 is 0 Å². The molecule has 0 unspecified atom stereocenters. The summed E-state index contributed by atoms with van der Waals surface area (Å²) in [6.07, 6.45) is 0.626. The summed E-state index contributed by atoms with van der Waals surface area (Å²) < 4.78 is 23.0. The number of benzene rings is 1. The Labute approximate surface area is 111 Å². The van der Waals surface area contributed by atoms with Gasteiger partial charge in [-0.05, 0) is 24.6 Å². The van der Waals surface area contributed by atoms with E-state index in [2.05, 4.69) is 0 Å². The minimum atomic E-state index is -2.97. The molecule has 18 heavy (non-hydrogen) atoms. The zero-order chi connectivity index (χ0) is 13.6. The lowest BCUT2D eigenvalue weighted by Gasteiger charge is -2.04. The summed E-state index contributed by atoms with van der Waals surface area (Å²) >= 11 is 1.36. The monoisotopic (exact) mass is 288 g/mol. The molecule has 0 radical (unpaired) electrons. The smallest absolute Gasteiger partial charge is 0.335 e. The standard InChI is InChI=1S/C12H16O4S2/c1-2-7-18(15,16)8-6-17-11-5-3-4-10(9-11)12(13)14/h3-5,9H,2,6-8H2,1H3,(H,13,14). The number of carboxylic acids is 1. The fourth-order valence-corrected chi connectivity index (χ4v) is 4.21. The molecule has 0 fully saturated rings. The molecular weight excluding hydrogens is 272 g/mol. The number of thioether (sulfide) groups is 1. The van der Waals surface area contributed by atoms with Crippen molar-refractivity contribution in [3.05, 3.63) is 29.8 Å². The van der Waals surface area contributed by atoms with Crippen molar-refractivity contribution in [2.45, 2.75) is 18.2 Å². The Morgan fingerprint density at radius 2 is 2.06 bits per heavy atom. The second-order valence-electron chi connectivity index (χ2n) is 3.83. The SMILES string of the molecule is CCCS(=O)(=O)CCSc1cccc(C(=O)O)c1. The Morgan fingerprint density at radius 3 is 2.67 bits per heavy atom. The molecule has 0 saturated carbocycles. The number of aromatic carboxylic acids is 1. The van der Waals surface area contributed by atoms with Crippen LogP contribution in [0.1, 0.15) is 23.7 Å². The summed E-state index contributed by atoms with van der Waals surface area (Å²) in [4.78, 5) is 11.5. The molecule has 0 atom stereocenters. The molecule has 0 aliphatic rings. The van der Waals surface area contributed by atoms with E-state index in [-0.39, 0.29) is 17.1 Å². The van der Waals surface area contributed by atoms with E-state index in [0.717, 1.165) is 4.90 Å². The highest BCUT2D eigenvalue weighted by Gasteiger charge is 2.09. The van der Waals surface area contributed by atoms with Crippen LogP contribution in [0.15, 0.2) is 29.2 Å². The van der Waals surface area contributed by atoms with Crippen LogP contribution in [-0.4, -0.2) is 36.8 Å². The van der Waals surface area contributed by atoms with Gasteiger partial charge in [0.15, 0.2) is 9.84 Å². The van der Waals surface area contributed by atoms with Gasteiger partial charge in [0.1, 0.15) is 0 Å². The topological polar surface area (TPSA) is 71.4 Å². The molecule has 0 bridgehead atoms. The zero-order valence-electron chi connectivity index (χ0n) is 10.1. The minimum Gasteiger partial charge on any atom is -0.478 e. The molecule has 1 N–H and O–H groups in total. The average Bonchev–Trinajstić information content (AvgIpc) is 2.29. The summed E-state index contributed by atoms with van der Waals surface area (Å²) in [5.41, 5.74) is 0.219. The quantitative estimate of drug-likeness (QED) is 0.779. The van der Waals surface area contributed by atoms with Gasteiger partial charge in [0.05, 0.1) is 11.3 Å². The van der Waals surface area contributed by atoms with Crippen LogP contribution in [0, 0.1) is 0 Å². The molecule has 0 aromatic heterocycles. The molecule has 0 saturated heterocycles.